The highest BCUT2D eigenvalue weighted by Gasteiger charge is 2.27. The van der Waals surface area contributed by atoms with Gasteiger partial charge in [-0.2, -0.15) is 5.10 Å². The van der Waals surface area contributed by atoms with Crippen molar-refractivity contribution in [2.75, 3.05) is 0 Å². The molecule has 0 radical (unpaired) electrons. The normalized spacial score (nSPS) is 17.4. The average molecular weight is 300 g/mol. The Hall–Kier alpha value is -0.920. The van der Waals surface area contributed by atoms with Crippen LogP contribution in [0.15, 0.2) is 4.90 Å². The summed E-state index contributed by atoms with van der Waals surface area (Å²) in [5, 5.41) is 10.2. The molecular weight excluding hydrogens is 276 g/mol. The number of hydrogen-bond acceptors (Lipinski definition) is 4. The number of nitrogens with zero attached hydrogens (tertiary/aromatic N) is 1. The summed E-state index contributed by atoms with van der Waals surface area (Å²) in [6.07, 6.45) is 4.10. The van der Waals surface area contributed by atoms with Crippen molar-refractivity contribution in [1.82, 2.24) is 20.2 Å². The molecule has 0 aliphatic heterocycles. The van der Waals surface area contributed by atoms with E-state index >= 15 is 0 Å². The van der Waals surface area contributed by atoms with Gasteiger partial charge in [-0.05, 0) is 33.1 Å². The van der Waals surface area contributed by atoms with Crippen molar-refractivity contribution in [2.45, 2.75) is 70.0 Å². The van der Waals surface area contributed by atoms with E-state index in [1.165, 1.54) is 0 Å². The van der Waals surface area contributed by atoms with Gasteiger partial charge in [0, 0.05) is 18.6 Å². The fraction of sp³-hybridized carbons (Fsp3) is 0.769. The Balaban J connectivity index is 2.14. The number of H-pyrrole nitrogens is 1. The minimum absolute atomic E-state index is 0.0662. The third-order valence-corrected chi connectivity index (χ3v) is 5.24. The van der Waals surface area contributed by atoms with Gasteiger partial charge in [0.1, 0.15) is 4.90 Å². The van der Waals surface area contributed by atoms with Crippen molar-refractivity contribution in [2.24, 2.45) is 0 Å². The summed E-state index contributed by atoms with van der Waals surface area (Å²) in [6.45, 7) is 6.16. The first-order valence-electron chi connectivity index (χ1n) is 7.23. The van der Waals surface area contributed by atoms with Crippen molar-refractivity contribution in [3.05, 3.63) is 11.4 Å². The molecule has 1 unspecified atom stereocenters. The number of hydrogen-bond donors (Lipinski definition) is 3. The third kappa shape index (κ3) is 3.80. The van der Waals surface area contributed by atoms with Gasteiger partial charge < -0.3 is 5.32 Å². The second-order valence-electron chi connectivity index (χ2n) is 5.59. The van der Waals surface area contributed by atoms with E-state index in [1.807, 2.05) is 13.8 Å². The smallest absolute Gasteiger partial charge is 0.244 e. The number of sulfonamides is 1. The molecule has 7 heteroatoms. The van der Waals surface area contributed by atoms with Crippen molar-refractivity contribution in [1.29, 1.82) is 0 Å². The van der Waals surface area contributed by atoms with E-state index in [1.54, 1.807) is 6.92 Å². The fourth-order valence-electron chi connectivity index (χ4n) is 2.29. The summed E-state index contributed by atoms with van der Waals surface area (Å²) in [4.78, 5) is 0.300. The summed E-state index contributed by atoms with van der Waals surface area (Å²) in [6, 6.07) is 0.457. The fourth-order valence-corrected chi connectivity index (χ4v) is 3.93. The summed E-state index contributed by atoms with van der Waals surface area (Å²) in [5.41, 5.74) is 1.17. The van der Waals surface area contributed by atoms with Gasteiger partial charge in [0.2, 0.25) is 10.0 Å². The minimum atomic E-state index is -3.51. The molecule has 1 aliphatic rings. The molecule has 1 saturated carbocycles. The highest BCUT2D eigenvalue weighted by Crippen LogP contribution is 2.22. The van der Waals surface area contributed by atoms with Gasteiger partial charge in [0.25, 0.3) is 0 Å². The topological polar surface area (TPSA) is 86.9 Å². The Bertz CT molecular complexity index is 549. The lowest BCUT2D eigenvalue weighted by Gasteiger charge is -2.14. The molecule has 2 rings (SSSR count). The van der Waals surface area contributed by atoms with Crippen LogP contribution in [0.25, 0.3) is 0 Å². The monoisotopic (exact) mass is 300 g/mol. The van der Waals surface area contributed by atoms with Crippen molar-refractivity contribution < 1.29 is 8.42 Å². The zero-order chi connectivity index (χ0) is 14.8. The predicted octanol–water partition coefficient (Wildman–Crippen LogP) is 1.44. The van der Waals surface area contributed by atoms with Gasteiger partial charge in [-0.1, -0.05) is 13.3 Å². The van der Waals surface area contributed by atoms with E-state index in [9.17, 15) is 8.42 Å². The molecule has 0 amide bonds. The maximum absolute atomic E-state index is 12.5. The standard InChI is InChI=1S/C13H24N4O2S/c1-4-5-9(2)17-20(18,19)13-10(3)15-16-12(13)8-14-11-6-7-11/h9,11,14,17H,4-8H2,1-3H3,(H,15,16). The average Bonchev–Trinajstić information content (AvgIpc) is 3.09. The number of nitrogens with one attached hydrogen (secondary N) is 3. The van der Waals surface area contributed by atoms with Gasteiger partial charge in [-0.3, -0.25) is 5.10 Å². The molecule has 1 aliphatic carbocycles. The third-order valence-electron chi connectivity index (χ3n) is 3.44. The van der Waals surface area contributed by atoms with Crippen LogP contribution in [0.3, 0.4) is 0 Å². The number of rotatable bonds is 8. The van der Waals surface area contributed by atoms with E-state index in [4.69, 9.17) is 0 Å². The van der Waals surface area contributed by atoms with E-state index in [-0.39, 0.29) is 6.04 Å². The van der Waals surface area contributed by atoms with Gasteiger partial charge >= 0.3 is 0 Å². The summed E-state index contributed by atoms with van der Waals surface area (Å²) in [5.74, 6) is 0. The zero-order valence-electron chi connectivity index (χ0n) is 12.4. The molecule has 3 N–H and O–H groups in total. The van der Waals surface area contributed by atoms with Crippen LogP contribution >= 0.6 is 0 Å². The molecule has 0 bridgehead atoms. The summed E-state index contributed by atoms with van der Waals surface area (Å²) >= 11 is 0. The number of aryl methyl sites for hydroxylation is 1. The molecule has 1 heterocycles. The Morgan fingerprint density at radius 2 is 2.15 bits per heavy atom. The second-order valence-corrected chi connectivity index (χ2v) is 7.24. The molecule has 1 aromatic rings. The SMILES string of the molecule is CCCC(C)NS(=O)(=O)c1c(CNC2CC2)n[nH]c1C. The molecule has 0 aromatic carbocycles. The maximum Gasteiger partial charge on any atom is 0.244 e. The van der Waals surface area contributed by atoms with Crippen molar-refractivity contribution >= 4 is 10.0 Å². The van der Waals surface area contributed by atoms with E-state index in [0.29, 0.717) is 28.9 Å². The van der Waals surface area contributed by atoms with Gasteiger partial charge in [-0.25, -0.2) is 13.1 Å². The van der Waals surface area contributed by atoms with E-state index in [0.717, 1.165) is 25.7 Å². The number of aromatic nitrogens is 2. The lowest BCUT2D eigenvalue weighted by Crippen LogP contribution is -2.33. The molecule has 1 atom stereocenters. The molecule has 0 saturated heterocycles. The lowest BCUT2D eigenvalue weighted by atomic mass is 10.2. The quantitative estimate of drug-likeness (QED) is 0.678. The van der Waals surface area contributed by atoms with Crippen molar-refractivity contribution in [3.63, 3.8) is 0 Å². The van der Waals surface area contributed by atoms with Gasteiger partial charge in [0.15, 0.2) is 0 Å². The minimum Gasteiger partial charge on any atom is -0.308 e. The van der Waals surface area contributed by atoms with Crippen LogP contribution in [0.1, 0.15) is 50.9 Å². The Morgan fingerprint density at radius 1 is 1.45 bits per heavy atom. The molecule has 1 aromatic heterocycles. The van der Waals surface area contributed by atoms with E-state index < -0.39 is 10.0 Å². The molecule has 6 nitrogen and oxygen atoms in total. The predicted molar refractivity (Wildman–Crippen MR) is 77.9 cm³/mol. The highest BCUT2D eigenvalue weighted by molar-refractivity contribution is 7.89. The van der Waals surface area contributed by atoms with E-state index in [2.05, 4.69) is 20.2 Å². The van der Waals surface area contributed by atoms with Crippen LogP contribution < -0.4 is 10.0 Å². The van der Waals surface area contributed by atoms with Gasteiger partial charge in [-0.15, -0.1) is 0 Å². The molecule has 20 heavy (non-hydrogen) atoms. The van der Waals surface area contributed by atoms with Gasteiger partial charge in [0.05, 0.1) is 11.4 Å². The van der Waals surface area contributed by atoms with Crippen LogP contribution in [0.4, 0.5) is 0 Å². The first-order chi connectivity index (χ1) is 9.44. The summed E-state index contributed by atoms with van der Waals surface area (Å²) < 4.78 is 27.7. The molecule has 1 fully saturated rings. The van der Waals surface area contributed by atoms with Crippen LogP contribution in [0.2, 0.25) is 0 Å². The Labute approximate surface area is 120 Å². The zero-order valence-corrected chi connectivity index (χ0v) is 13.2. The largest absolute Gasteiger partial charge is 0.308 e. The van der Waals surface area contributed by atoms with Crippen LogP contribution in [0.5, 0.6) is 0 Å². The first kappa shape index (κ1) is 15.5. The maximum atomic E-state index is 12.5. The highest BCUT2D eigenvalue weighted by atomic mass is 32.2. The Morgan fingerprint density at radius 3 is 2.75 bits per heavy atom. The van der Waals surface area contributed by atoms with Crippen molar-refractivity contribution in [3.8, 4) is 0 Å². The number of aromatic amines is 1. The van der Waals surface area contributed by atoms with Crippen LogP contribution in [-0.2, 0) is 16.6 Å². The molecule has 0 spiro atoms. The summed E-state index contributed by atoms with van der Waals surface area (Å²) in [7, 11) is -3.51. The second kappa shape index (κ2) is 6.24. The molecular formula is C13H24N4O2S. The lowest BCUT2D eigenvalue weighted by molar-refractivity contribution is 0.541. The molecule has 114 valence electrons. The Kier molecular flexibility index (Phi) is 4.82. The first-order valence-corrected chi connectivity index (χ1v) is 8.72. The van der Waals surface area contributed by atoms with Crippen LogP contribution in [0, 0.1) is 6.92 Å². The van der Waals surface area contributed by atoms with Crippen LogP contribution in [-0.4, -0.2) is 30.7 Å².